The van der Waals surface area contributed by atoms with E-state index in [1.807, 2.05) is 19.1 Å². The number of hydrogen-bond acceptors (Lipinski definition) is 5. The maximum absolute atomic E-state index is 13.1. The molecule has 1 saturated heterocycles. The van der Waals surface area contributed by atoms with Crippen molar-refractivity contribution in [1.29, 1.82) is 0 Å². The molecule has 0 bridgehead atoms. The molecular weight excluding hydrogens is 509 g/mol. The van der Waals surface area contributed by atoms with Crippen LogP contribution in [-0.2, 0) is 17.3 Å². The number of aryl methyl sites for hydroxylation is 3. The van der Waals surface area contributed by atoms with Gasteiger partial charge in [-0.25, -0.2) is 4.68 Å². The number of benzene rings is 1. The molecule has 1 aliphatic rings. The van der Waals surface area contributed by atoms with Gasteiger partial charge >= 0.3 is 6.18 Å². The maximum atomic E-state index is 13.1. The Morgan fingerprint density at radius 3 is 2.43 bits per heavy atom. The molecule has 0 amide bonds. The third kappa shape index (κ3) is 5.44. The van der Waals surface area contributed by atoms with E-state index in [1.54, 1.807) is 42.0 Å². The predicted molar refractivity (Wildman–Crippen MR) is 135 cm³/mol. The minimum Gasteiger partial charge on any atom is -0.316 e. The molecular formula is C24H31F3N6O3S. The molecule has 0 N–H and O–H groups in total. The first-order valence-corrected chi connectivity index (χ1v) is 13.2. The van der Waals surface area contributed by atoms with Crippen molar-refractivity contribution in [3.8, 4) is 5.69 Å². The summed E-state index contributed by atoms with van der Waals surface area (Å²) in [5.74, 6) is 0. The molecule has 0 radical (unpaired) electrons. The smallest absolute Gasteiger partial charge is 0.316 e. The van der Waals surface area contributed by atoms with E-state index in [4.69, 9.17) is 0 Å². The zero-order chi connectivity index (χ0) is 27.3. The summed E-state index contributed by atoms with van der Waals surface area (Å²) in [6.07, 6.45) is -1.94. The number of alkyl halides is 3. The maximum Gasteiger partial charge on any atom is 0.390 e. The van der Waals surface area contributed by atoms with Gasteiger partial charge in [0.2, 0.25) is 0 Å². The Labute approximate surface area is 213 Å². The molecule has 202 valence electrons. The standard InChI is InChI=1S/C24H31F3N6O3S/c1-16-11-21-18(13-28-33(21)19-10-17(2)23(34)30(5)14-19)12-20(16)22-15-32(37(35,36)29(3)4)9-8-31(22)7-6-24(25,26)27/h10-14,22H,6-9,15H2,1-5H3. The summed E-state index contributed by atoms with van der Waals surface area (Å²) in [5, 5.41) is 5.26. The molecule has 1 atom stereocenters. The number of piperazine rings is 1. The summed E-state index contributed by atoms with van der Waals surface area (Å²) in [7, 11) is 0.809. The summed E-state index contributed by atoms with van der Waals surface area (Å²) >= 11 is 0. The average molecular weight is 541 g/mol. The molecule has 1 fully saturated rings. The number of nitrogens with zero attached hydrogens (tertiary/aromatic N) is 6. The van der Waals surface area contributed by atoms with Gasteiger partial charge in [-0.3, -0.25) is 9.69 Å². The largest absolute Gasteiger partial charge is 0.390 e. The minimum atomic E-state index is -4.31. The first-order chi connectivity index (χ1) is 17.2. The van der Waals surface area contributed by atoms with Gasteiger partial charge in [-0.15, -0.1) is 0 Å². The average Bonchev–Trinajstić information content (AvgIpc) is 3.22. The topological polar surface area (TPSA) is 83.7 Å². The second-order valence-corrected chi connectivity index (χ2v) is 11.8. The molecule has 2 aromatic heterocycles. The van der Waals surface area contributed by atoms with Crippen LogP contribution in [0.2, 0.25) is 0 Å². The summed E-state index contributed by atoms with van der Waals surface area (Å²) in [4.78, 5) is 13.8. The molecule has 3 heterocycles. The molecule has 4 rings (SSSR count). The van der Waals surface area contributed by atoms with Crippen LogP contribution in [0.4, 0.5) is 13.2 Å². The van der Waals surface area contributed by atoms with E-state index in [-0.39, 0.29) is 31.7 Å². The quantitative estimate of drug-likeness (QED) is 0.480. The highest BCUT2D eigenvalue weighted by molar-refractivity contribution is 7.86. The number of fused-ring (bicyclic) bond motifs is 1. The van der Waals surface area contributed by atoms with E-state index >= 15 is 0 Å². The van der Waals surface area contributed by atoms with Gasteiger partial charge < -0.3 is 4.57 Å². The van der Waals surface area contributed by atoms with Crippen LogP contribution in [-0.4, -0.2) is 82.7 Å². The van der Waals surface area contributed by atoms with Crippen LogP contribution in [0.5, 0.6) is 0 Å². The third-order valence-corrected chi connectivity index (χ3v) is 8.74. The lowest BCUT2D eigenvalue weighted by atomic mass is 9.96. The van der Waals surface area contributed by atoms with E-state index in [2.05, 4.69) is 5.10 Å². The van der Waals surface area contributed by atoms with Crippen LogP contribution in [0.25, 0.3) is 16.6 Å². The Balaban J connectivity index is 1.76. The molecule has 1 aliphatic heterocycles. The number of rotatable bonds is 6. The van der Waals surface area contributed by atoms with E-state index in [0.29, 0.717) is 11.3 Å². The van der Waals surface area contributed by atoms with Gasteiger partial charge in [0.15, 0.2) is 0 Å². The molecule has 3 aromatic rings. The van der Waals surface area contributed by atoms with Crippen molar-refractivity contribution in [2.45, 2.75) is 32.5 Å². The normalized spacial score (nSPS) is 18.2. The SMILES string of the molecule is Cc1cc2c(cnn2-c2cc(C)c(=O)n(C)c2)cc1C1CN(S(=O)(=O)N(C)C)CCN1CCC(F)(F)F. The van der Waals surface area contributed by atoms with Gasteiger partial charge in [-0.05, 0) is 43.2 Å². The third-order valence-electron chi connectivity index (χ3n) is 6.83. The lowest BCUT2D eigenvalue weighted by Gasteiger charge is -2.42. The summed E-state index contributed by atoms with van der Waals surface area (Å²) in [6.45, 7) is 3.70. The summed E-state index contributed by atoms with van der Waals surface area (Å²) in [6, 6.07) is 4.97. The number of pyridine rings is 1. The Morgan fingerprint density at radius 2 is 1.81 bits per heavy atom. The highest BCUT2D eigenvalue weighted by Crippen LogP contribution is 2.34. The number of aromatic nitrogens is 3. The van der Waals surface area contributed by atoms with Gasteiger partial charge in [0.25, 0.3) is 15.8 Å². The molecule has 1 aromatic carbocycles. The Hall–Kier alpha value is -2.74. The summed E-state index contributed by atoms with van der Waals surface area (Å²) in [5.41, 5.74) is 3.50. The van der Waals surface area contributed by atoms with Crippen LogP contribution in [0, 0.1) is 13.8 Å². The fourth-order valence-electron chi connectivity index (χ4n) is 4.80. The zero-order valence-electron chi connectivity index (χ0n) is 21.4. The Bertz CT molecular complexity index is 1450. The van der Waals surface area contributed by atoms with Crippen molar-refractivity contribution in [3.05, 3.63) is 57.6 Å². The fraction of sp³-hybridized carbons (Fsp3) is 0.500. The first kappa shape index (κ1) is 27.3. The molecule has 9 nitrogen and oxygen atoms in total. The monoisotopic (exact) mass is 540 g/mol. The van der Waals surface area contributed by atoms with Crippen LogP contribution < -0.4 is 5.56 Å². The van der Waals surface area contributed by atoms with Crippen LogP contribution in [0.3, 0.4) is 0 Å². The number of halogens is 3. The van der Waals surface area contributed by atoms with Crippen molar-refractivity contribution in [1.82, 2.24) is 27.9 Å². The summed E-state index contributed by atoms with van der Waals surface area (Å²) < 4.78 is 70.5. The first-order valence-electron chi connectivity index (χ1n) is 11.8. The van der Waals surface area contributed by atoms with E-state index < -0.39 is 28.8 Å². The van der Waals surface area contributed by atoms with E-state index in [9.17, 15) is 26.4 Å². The van der Waals surface area contributed by atoms with E-state index in [0.717, 1.165) is 26.3 Å². The van der Waals surface area contributed by atoms with Gasteiger partial charge in [-0.2, -0.15) is 35.3 Å². The Morgan fingerprint density at radius 1 is 1.11 bits per heavy atom. The van der Waals surface area contributed by atoms with Gasteiger partial charge in [0.1, 0.15) is 0 Å². The second kappa shape index (κ2) is 9.86. The van der Waals surface area contributed by atoms with Crippen LogP contribution in [0.1, 0.15) is 29.2 Å². The van der Waals surface area contributed by atoms with Crippen molar-refractivity contribution >= 4 is 21.1 Å². The molecule has 0 aliphatic carbocycles. The van der Waals surface area contributed by atoms with Crippen molar-refractivity contribution < 1.29 is 21.6 Å². The van der Waals surface area contributed by atoms with Crippen molar-refractivity contribution in [2.75, 3.05) is 40.3 Å². The molecule has 13 heteroatoms. The predicted octanol–water partition coefficient (Wildman–Crippen LogP) is 2.76. The minimum absolute atomic E-state index is 0.0405. The van der Waals surface area contributed by atoms with Crippen LogP contribution >= 0.6 is 0 Å². The van der Waals surface area contributed by atoms with Crippen molar-refractivity contribution in [2.24, 2.45) is 7.05 Å². The molecule has 1 unspecified atom stereocenters. The van der Waals surface area contributed by atoms with Crippen LogP contribution in [0.15, 0.2) is 35.4 Å². The number of hydrogen-bond donors (Lipinski definition) is 0. The Kier molecular flexibility index (Phi) is 7.27. The lowest BCUT2D eigenvalue weighted by molar-refractivity contribution is -0.140. The van der Waals surface area contributed by atoms with Gasteiger partial charge in [0.05, 0.1) is 23.8 Å². The van der Waals surface area contributed by atoms with E-state index in [1.165, 1.54) is 23.0 Å². The van der Waals surface area contributed by atoms with Gasteiger partial charge in [0, 0.05) is 70.5 Å². The highest BCUT2D eigenvalue weighted by atomic mass is 32.2. The fourth-order valence-corrected chi connectivity index (χ4v) is 5.91. The molecule has 37 heavy (non-hydrogen) atoms. The van der Waals surface area contributed by atoms with Crippen molar-refractivity contribution in [3.63, 3.8) is 0 Å². The second-order valence-electron chi connectivity index (χ2n) is 9.69. The molecule has 0 spiro atoms. The lowest BCUT2D eigenvalue weighted by Crippen LogP contribution is -2.53. The highest BCUT2D eigenvalue weighted by Gasteiger charge is 2.38. The zero-order valence-corrected chi connectivity index (χ0v) is 22.3. The molecule has 0 saturated carbocycles. The van der Waals surface area contributed by atoms with Gasteiger partial charge in [-0.1, -0.05) is 0 Å².